The molecule has 2 rings (SSSR count). The standard InChI is InChI=1S/C15H15N3O4S/c1-3-4-18-14(22)11(13(21)17-15(18)23)5-10-9(7-19)6-16-8(2)12(10)20/h3,5-6,19-20H,1,4,7H2,2H3,(H,17,21,23). The van der Waals surface area contributed by atoms with Gasteiger partial charge in [-0.25, -0.2) is 0 Å². The van der Waals surface area contributed by atoms with Crippen molar-refractivity contribution in [1.82, 2.24) is 15.2 Å². The van der Waals surface area contributed by atoms with Crippen LogP contribution in [0.2, 0.25) is 0 Å². The summed E-state index contributed by atoms with van der Waals surface area (Å²) in [6, 6.07) is 0. The molecule has 3 N–H and O–H groups in total. The first kappa shape index (κ1) is 16.8. The van der Waals surface area contributed by atoms with Crippen molar-refractivity contribution in [3.05, 3.63) is 41.2 Å². The van der Waals surface area contributed by atoms with Gasteiger partial charge in [0.1, 0.15) is 11.3 Å². The quantitative estimate of drug-likeness (QED) is 0.319. The summed E-state index contributed by atoms with van der Waals surface area (Å²) in [4.78, 5) is 29.6. The molecule has 2 amide bonds. The topological polar surface area (TPSA) is 103 Å². The molecule has 0 spiro atoms. The molecule has 0 saturated carbocycles. The van der Waals surface area contributed by atoms with Crippen LogP contribution in [0.4, 0.5) is 0 Å². The van der Waals surface area contributed by atoms with Crippen molar-refractivity contribution in [2.75, 3.05) is 6.54 Å². The van der Waals surface area contributed by atoms with E-state index in [1.165, 1.54) is 23.2 Å². The van der Waals surface area contributed by atoms with Gasteiger partial charge in [0.05, 0.1) is 12.3 Å². The Morgan fingerprint density at radius 3 is 2.78 bits per heavy atom. The number of pyridine rings is 1. The minimum atomic E-state index is -0.668. The van der Waals surface area contributed by atoms with Gasteiger partial charge in [0.15, 0.2) is 5.11 Å². The lowest BCUT2D eigenvalue weighted by atomic mass is 10.0. The minimum absolute atomic E-state index is 0.00503. The molecule has 1 aliphatic rings. The molecule has 1 aromatic heterocycles. The summed E-state index contributed by atoms with van der Waals surface area (Å²) < 4.78 is 0. The van der Waals surface area contributed by atoms with Crippen molar-refractivity contribution in [2.24, 2.45) is 0 Å². The Morgan fingerprint density at radius 1 is 1.48 bits per heavy atom. The maximum absolute atomic E-state index is 12.4. The van der Waals surface area contributed by atoms with Gasteiger partial charge >= 0.3 is 0 Å². The molecule has 0 aromatic carbocycles. The highest BCUT2D eigenvalue weighted by Gasteiger charge is 2.33. The number of aromatic nitrogens is 1. The average molecular weight is 333 g/mol. The van der Waals surface area contributed by atoms with Gasteiger partial charge in [-0.15, -0.1) is 6.58 Å². The lowest BCUT2D eigenvalue weighted by Crippen LogP contribution is -2.53. The van der Waals surface area contributed by atoms with Crippen molar-refractivity contribution in [3.63, 3.8) is 0 Å². The van der Waals surface area contributed by atoms with Crippen LogP contribution in [0.15, 0.2) is 24.4 Å². The third-order valence-electron chi connectivity index (χ3n) is 3.31. The Kier molecular flexibility index (Phi) is 4.87. The van der Waals surface area contributed by atoms with E-state index in [-0.39, 0.29) is 28.5 Å². The molecule has 1 aliphatic heterocycles. The summed E-state index contributed by atoms with van der Waals surface area (Å²) in [6.07, 6.45) is 4.08. The first-order chi connectivity index (χ1) is 10.9. The van der Waals surface area contributed by atoms with Crippen molar-refractivity contribution in [3.8, 4) is 5.75 Å². The summed E-state index contributed by atoms with van der Waals surface area (Å²) in [5.41, 5.74) is 0.585. The lowest BCUT2D eigenvalue weighted by Gasteiger charge is -2.28. The molecule has 2 heterocycles. The Labute approximate surface area is 137 Å². The van der Waals surface area contributed by atoms with Gasteiger partial charge in [0.2, 0.25) is 0 Å². The fourth-order valence-corrected chi connectivity index (χ4v) is 2.32. The molecule has 23 heavy (non-hydrogen) atoms. The molecule has 1 fully saturated rings. The normalized spacial score (nSPS) is 16.7. The van der Waals surface area contributed by atoms with Crippen LogP contribution in [0.25, 0.3) is 6.08 Å². The van der Waals surface area contributed by atoms with E-state index >= 15 is 0 Å². The van der Waals surface area contributed by atoms with E-state index in [0.29, 0.717) is 11.3 Å². The molecule has 0 atom stereocenters. The Balaban J connectivity index is 2.55. The number of aryl methyl sites for hydroxylation is 1. The van der Waals surface area contributed by atoms with Crippen LogP contribution in [0.5, 0.6) is 5.75 Å². The van der Waals surface area contributed by atoms with Gasteiger partial charge in [-0.3, -0.25) is 24.8 Å². The van der Waals surface area contributed by atoms with E-state index in [9.17, 15) is 19.8 Å². The van der Waals surface area contributed by atoms with Crippen LogP contribution in [0, 0.1) is 6.92 Å². The largest absolute Gasteiger partial charge is 0.505 e. The first-order valence-electron chi connectivity index (χ1n) is 6.68. The van der Waals surface area contributed by atoms with Crippen molar-refractivity contribution in [2.45, 2.75) is 13.5 Å². The number of carbonyl (C=O) groups excluding carboxylic acids is 2. The van der Waals surface area contributed by atoms with E-state index in [2.05, 4.69) is 16.9 Å². The monoisotopic (exact) mass is 333 g/mol. The number of aliphatic hydroxyl groups is 1. The third-order valence-corrected chi connectivity index (χ3v) is 3.64. The number of hydrogen-bond donors (Lipinski definition) is 3. The molecule has 1 saturated heterocycles. The number of thiocarbonyl (C=S) groups is 1. The van der Waals surface area contributed by atoms with Gasteiger partial charge in [0, 0.05) is 23.9 Å². The van der Waals surface area contributed by atoms with Crippen molar-refractivity contribution in [1.29, 1.82) is 0 Å². The second-order valence-electron chi connectivity index (χ2n) is 4.81. The number of nitrogens with one attached hydrogen (secondary N) is 1. The molecular formula is C15H15N3O4S. The number of aliphatic hydroxyl groups excluding tert-OH is 1. The van der Waals surface area contributed by atoms with Gasteiger partial charge in [-0.1, -0.05) is 6.08 Å². The molecule has 0 unspecified atom stereocenters. The van der Waals surface area contributed by atoms with Gasteiger partial charge in [-0.05, 0) is 25.2 Å². The smallest absolute Gasteiger partial charge is 0.265 e. The van der Waals surface area contributed by atoms with Crippen molar-refractivity contribution < 1.29 is 19.8 Å². The molecule has 0 bridgehead atoms. The number of rotatable bonds is 4. The zero-order chi connectivity index (χ0) is 17.1. The van der Waals surface area contributed by atoms with Crippen LogP contribution in [0.1, 0.15) is 16.8 Å². The number of aromatic hydroxyl groups is 1. The predicted octanol–water partition coefficient (Wildman–Crippen LogP) is 0.401. The molecule has 1 aromatic rings. The second kappa shape index (κ2) is 6.67. The first-order valence-corrected chi connectivity index (χ1v) is 7.09. The van der Waals surface area contributed by atoms with E-state index in [4.69, 9.17) is 12.2 Å². The maximum Gasteiger partial charge on any atom is 0.265 e. The van der Waals surface area contributed by atoms with Crippen molar-refractivity contribution >= 4 is 35.2 Å². The van der Waals surface area contributed by atoms with Crippen LogP contribution in [0.3, 0.4) is 0 Å². The Hall–Kier alpha value is -2.58. The highest BCUT2D eigenvalue weighted by molar-refractivity contribution is 7.80. The number of carbonyl (C=O) groups is 2. The number of amides is 2. The summed E-state index contributed by atoms with van der Waals surface area (Å²) in [5, 5.41) is 21.9. The molecule has 8 heteroatoms. The van der Waals surface area contributed by atoms with Crippen LogP contribution in [-0.4, -0.2) is 43.6 Å². The Bertz CT molecular complexity index is 742. The van der Waals surface area contributed by atoms with Crippen LogP contribution in [-0.2, 0) is 16.2 Å². The van der Waals surface area contributed by atoms with Crippen LogP contribution >= 0.6 is 12.2 Å². The molecule has 120 valence electrons. The van der Waals surface area contributed by atoms with E-state index in [1.807, 2.05) is 0 Å². The average Bonchev–Trinajstić information content (AvgIpc) is 2.51. The highest BCUT2D eigenvalue weighted by atomic mass is 32.1. The number of nitrogens with zero attached hydrogens (tertiary/aromatic N) is 2. The van der Waals surface area contributed by atoms with Gasteiger partial charge < -0.3 is 10.2 Å². The van der Waals surface area contributed by atoms with Crippen LogP contribution < -0.4 is 5.32 Å². The maximum atomic E-state index is 12.4. The van der Waals surface area contributed by atoms with Gasteiger partial charge in [-0.2, -0.15) is 0 Å². The second-order valence-corrected chi connectivity index (χ2v) is 5.20. The molecule has 7 nitrogen and oxygen atoms in total. The summed E-state index contributed by atoms with van der Waals surface area (Å²) in [6.45, 7) is 4.85. The number of hydrogen-bond acceptors (Lipinski definition) is 6. The molecule has 0 radical (unpaired) electrons. The van der Waals surface area contributed by atoms with E-state index < -0.39 is 18.4 Å². The molecular weight excluding hydrogens is 318 g/mol. The molecule has 0 aliphatic carbocycles. The van der Waals surface area contributed by atoms with E-state index in [1.54, 1.807) is 6.92 Å². The predicted molar refractivity (Wildman–Crippen MR) is 87.2 cm³/mol. The fourth-order valence-electron chi connectivity index (χ4n) is 2.07. The minimum Gasteiger partial charge on any atom is -0.505 e. The fraction of sp³-hybridized carbons (Fsp3) is 0.200. The zero-order valence-corrected chi connectivity index (χ0v) is 13.2. The summed E-state index contributed by atoms with van der Waals surface area (Å²) in [5.74, 6) is -1.47. The third kappa shape index (κ3) is 3.13. The van der Waals surface area contributed by atoms with E-state index in [0.717, 1.165) is 0 Å². The summed E-state index contributed by atoms with van der Waals surface area (Å²) >= 11 is 4.96. The Morgan fingerprint density at radius 2 is 2.17 bits per heavy atom. The highest BCUT2D eigenvalue weighted by Crippen LogP contribution is 2.27. The van der Waals surface area contributed by atoms with Gasteiger partial charge in [0.25, 0.3) is 11.8 Å². The summed E-state index contributed by atoms with van der Waals surface area (Å²) in [7, 11) is 0. The SMILES string of the molecule is C=CCN1C(=O)C(=Cc2c(CO)cnc(C)c2O)C(=O)NC1=S. The zero-order valence-electron chi connectivity index (χ0n) is 12.4. The lowest BCUT2D eigenvalue weighted by molar-refractivity contribution is -0.128.